The molecule has 7 aromatic carbocycles. The van der Waals surface area contributed by atoms with Crippen LogP contribution in [-0.4, -0.2) is 14.1 Å². The van der Waals surface area contributed by atoms with E-state index < -0.39 is 0 Å². The van der Waals surface area contributed by atoms with Crippen LogP contribution in [-0.2, 0) is 0 Å². The van der Waals surface area contributed by atoms with E-state index in [9.17, 15) is 5.26 Å². The molecule has 10 aromatic rings. The zero-order chi connectivity index (χ0) is 38.1. The predicted octanol–water partition coefficient (Wildman–Crippen LogP) is 13.4. The van der Waals surface area contributed by atoms with Gasteiger partial charge in [-0.05, 0) is 104 Å². The van der Waals surface area contributed by atoms with Crippen molar-refractivity contribution >= 4 is 43.6 Å². The fraction of sp³-hybridized carbons (Fsp3) is 0.0769. The number of benzene rings is 7. The summed E-state index contributed by atoms with van der Waals surface area (Å²) in [7, 11) is 0. The zero-order valence-corrected chi connectivity index (χ0v) is 31.8. The van der Waals surface area contributed by atoms with E-state index in [1.807, 2.05) is 30.6 Å². The Bertz CT molecular complexity index is 3030. The maximum atomic E-state index is 10.1. The van der Waals surface area contributed by atoms with Crippen LogP contribution in [0.1, 0.15) is 27.8 Å². The Labute approximate surface area is 326 Å². The molecule has 0 bridgehead atoms. The van der Waals surface area contributed by atoms with E-state index in [2.05, 4.69) is 170 Å². The van der Waals surface area contributed by atoms with Crippen LogP contribution >= 0.6 is 0 Å². The van der Waals surface area contributed by atoms with Gasteiger partial charge < -0.3 is 9.13 Å². The Hall–Kier alpha value is -7.22. The molecule has 0 aliphatic heterocycles. The van der Waals surface area contributed by atoms with Gasteiger partial charge in [0.15, 0.2) is 0 Å². The van der Waals surface area contributed by atoms with E-state index in [0.29, 0.717) is 5.56 Å². The van der Waals surface area contributed by atoms with Crippen LogP contribution in [0.5, 0.6) is 0 Å². The first kappa shape index (κ1) is 33.4. The van der Waals surface area contributed by atoms with E-state index >= 15 is 0 Å². The van der Waals surface area contributed by atoms with E-state index in [-0.39, 0.29) is 0 Å². The number of hydrogen-bond acceptors (Lipinski definition) is 2. The maximum absolute atomic E-state index is 10.1. The lowest BCUT2D eigenvalue weighted by Gasteiger charge is -2.19. The van der Waals surface area contributed by atoms with Crippen molar-refractivity contribution < 1.29 is 0 Å². The number of rotatable bonds is 5. The van der Waals surface area contributed by atoms with Gasteiger partial charge in [0.2, 0.25) is 0 Å². The lowest BCUT2D eigenvalue weighted by Crippen LogP contribution is -2.05. The molecule has 0 aliphatic carbocycles. The first-order valence-corrected chi connectivity index (χ1v) is 19.1. The van der Waals surface area contributed by atoms with Crippen molar-refractivity contribution in [2.24, 2.45) is 0 Å². The fourth-order valence-electron chi connectivity index (χ4n) is 8.92. The van der Waals surface area contributed by atoms with Crippen LogP contribution in [0.15, 0.2) is 158 Å². The lowest BCUT2D eigenvalue weighted by atomic mass is 9.99. The van der Waals surface area contributed by atoms with Crippen molar-refractivity contribution in [2.75, 3.05) is 0 Å². The Kier molecular flexibility index (Phi) is 7.73. The second-order valence-corrected chi connectivity index (χ2v) is 15.2. The SMILES string of the molecule is Cc1cc(C)cc(-c2ccc3c(c2)c2ccccc2n3-c2cncc(-n3c4ccccc4c4cc(-c5cc(C)cc(C)c5)ccc43)c2-c2cccc(C#N)c2)c1. The van der Waals surface area contributed by atoms with Crippen molar-refractivity contribution in [1.29, 1.82) is 5.26 Å². The first-order valence-electron chi connectivity index (χ1n) is 19.1. The van der Waals surface area contributed by atoms with Gasteiger partial charge in [-0.1, -0.05) is 119 Å². The molecule has 266 valence electrons. The summed E-state index contributed by atoms with van der Waals surface area (Å²) in [5.41, 5.74) is 18.6. The first-order chi connectivity index (χ1) is 27.3. The van der Waals surface area contributed by atoms with Crippen LogP contribution in [0.4, 0.5) is 0 Å². The second kappa shape index (κ2) is 13.0. The van der Waals surface area contributed by atoms with Gasteiger partial charge in [-0.2, -0.15) is 5.26 Å². The Morgan fingerprint density at radius 3 is 1.36 bits per heavy atom. The molecular weight excluding hydrogens is 681 g/mol. The smallest absolute Gasteiger partial charge is 0.0991 e. The van der Waals surface area contributed by atoms with Crippen molar-refractivity contribution in [2.45, 2.75) is 27.7 Å². The molecule has 0 saturated heterocycles. The molecule has 3 aromatic heterocycles. The third kappa shape index (κ3) is 5.40. The molecule has 0 fully saturated rings. The van der Waals surface area contributed by atoms with Crippen LogP contribution in [0.25, 0.3) is 88.4 Å². The van der Waals surface area contributed by atoms with Gasteiger partial charge in [0.1, 0.15) is 0 Å². The minimum absolute atomic E-state index is 0.608. The summed E-state index contributed by atoms with van der Waals surface area (Å²) in [5.74, 6) is 0. The molecule has 0 atom stereocenters. The highest BCUT2D eigenvalue weighted by molar-refractivity contribution is 6.13. The molecule has 4 nitrogen and oxygen atoms in total. The van der Waals surface area contributed by atoms with Gasteiger partial charge in [0.25, 0.3) is 0 Å². The Morgan fingerprint density at radius 2 is 0.875 bits per heavy atom. The monoisotopic (exact) mass is 718 g/mol. The van der Waals surface area contributed by atoms with E-state index in [4.69, 9.17) is 4.98 Å². The van der Waals surface area contributed by atoms with E-state index in [1.54, 1.807) is 0 Å². The van der Waals surface area contributed by atoms with Gasteiger partial charge in [-0.25, -0.2) is 0 Å². The quantitative estimate of drug-likeness (QED) is 0.178. The van der Waals surface area contributed by atoms with Gasteiger partial charge in [-0.3, -0.25) is 4.98 Å². The number of aryl methyl sites for hydroxylation is 4. The molecule has 0 saturated carbocycles. The molecule has 56 heavy (non-hydrogen) atoms. The normalized spacial score (nSPS) is 11.6. The number of nitrogens with zero attached hydrogens (tertiary/aromatic N) is 4. The molecule has 0 spiro atoms. The zero-order valence-electron chi connectivity index (χ0n) is 31.8. The molecular formula is C52H38N4. The molecule has 0 radical (unpaired) electrons. The van der Waals surface area contributed by atoms with Crippen LogP contribution in [0, 0.1) is 39.0 Å². The largest absolute Gasteiger partial charge is 0.307 e. The van der Waals surface area contributed by atoms with Crippen LogP contribution < -0.4 is 0 Å². The van der Waals surface area contributed by atoms with Crippen molar-refractivity contribution in [3.63, 3.8) is 0 Å². The molecule has 0 aliphatic rings. The highest BCUT2D eigenvalue weighted by Gasteiger charge is 2.23. The summed E-state index contributed by atoms with van der Waals surface area (Å²) in [6.07, 6.45) is 3.96. The van der Waals surface area contributed by atoms with Crippen molar-refractivity contribution in [1.82, 2.24) is 14.1 Å². The Balaban J connectivity index is 1.28. The Morgan fingerprint density at radius 1 is 0.411 bits per heavy atom. The predicted molar refractivity (Wildman–Crippen MR) is 233 cm³/mol. The second-order valence-electron chi connectivity index (χ2n) is 15.2. The van der Waals surface area contributed by atoms with Crippen LogP contribution in [0.3, 0.4) is 0 Å². The summed E-state index contributed by atoms with van der Waals surface area (Å²) in [4.78, 5) is 5.01. The number of nitriles is 1. The van der Waals surface area contributed by atoms with Gasteiger partial charge in [0, 0.05) is 27.1 Å². The molecule has 0 unspecified atom stereocenters. The molecule has 3 heterocycles. The average molecular weight is 719 g/mol. The van der Waals surface area contributed by atoms with Gasteiger partial charge >= 0.3 is 0 Å². The average Bonchev–Trinajstić information content (AvgIpc) is 3.72. The highest BCUT2D eigenvalue weighted by atomic mass is 15.0. The van der Waals surface area contributed by atoms with Crippen LogP contribution in [0.2, 0.25) is 0 Å². The third-order valence-corrected chi connectivity index (χ3v) is 11.1. The van der Waals surface area contributed by atoms with E-state index in [1.165, 1.54) is 66.1 Å². The number of aromatic nitrogens is 3. The summed E-state index contributed by atoms with van der Waals surface area (Å²) in [6.45, 7) is 8.63. The minimum Gasteiger partial charge on any atom is -0.307 e. The minimum atomic E-state index is 0.608. The molecule has 4 heteroatoms. The number of hydrogen-bond donors (Lipinski definition) is 0. The third-order valence-electron chi connectivity index (χ3n) is 11.1. The summed E-state index contributed by atoms with van der Waals surface area (Å²) < 4.78 is 4.71. The van der Waals surface area contributed by atoms with Crippen molar-refractivity contribution in [3.05, 3.63) is 186 Å². The lowest BCUT2D eigenvalue weighted by molar-refractivity contribution is 1.09. The van der Waals surface area contributed by atoms with Crippen molar-refractivity contribution in [3.8, 4) is 50.8 Å². The molecule has 0 amide bonds. The summed E-state index contributed by atoms with van der Waals surface area (Å²) in [6, 6.07) is 54.7. The maximum Gasteiger partial charge on any atom is 0.0991 e. The molecule has 0 N–H and O–H groups in total. The standard InChI is InChI=1S/C52H38N4/c1-32-20-33(2)23-40(22-32)37-16-18-48-44(27-37)42-12-5-7-14-46(42)55(48)50-30-54-31-51(52(50)39-11-9-10-36(26-39)29-53)56-47-15-8-6-13-43(47)45-28-38(17-19-49(45)56)41-24-34(3)21-35(4)25-41/h5-28,30-31H,1-4H3. The summed E-state index contributed by atoms with van der Waals surface area (Å²) >= 11 is 0. The van der Waals surface area contributed by atoms with Gasteiger partial charge in [0.05, 0.1) is 57.5 Å². The fourth-order valence-corrected chi connectivity index (χ4v) is 8.92. The summed E-state index contributed by atoms with van der Waals surface area (Å²) in [5, 5.41) is 14.8. The highest BCUT2D eigenvalue weighted by Crippen LogP contribution is 2.43. The number of para-hydroxylation sites is 2. The number of pyridine rings is 1. The topological polar surface area (TPSA) is 46.5 Å². The number of fused-ring (bicyclic) bond motifs is 6. The van der Waals surface area contributed by atoms with E-state index in [0.717, 1.165) is 44.6 Å². The molecule has 10 rings (SSSR count). The van der Waals surface area contributed by atoms with Gasteiger partial charge in [-0.15, -0.1) is 0 Å².